The van der Waals surface area contributed by atoms with Gasteiger partial charge in [0.2, 0.25) is 0 Å². The number of carbonyl (C=O) groups excluding carboxylic acids is 2. The lowest BCUT2D eigenvalue weighted by molar-refractivity contribution is -0.870. The number of hydrogen-bond acceptors (Lipinski definition) is 7. The Hall–Kier alpha value is -3.33. The average Bonchev–Trinajstić information content (AvgIpc) is 3.45. The van der Waals surface area contributed by atoms with Crippen LogP contribution in [0.15, 0.2) is 109 Å². The van der Waals surface area contributed by atoms with E-state index in [1.54, 1.807) is 0 Å². The standard InChI is InChI=1S/C72H126NO8P/c1-6-8-10-12-14-16-18-20-22-24-26-28-30-32-34-36-38-40-42-44-46-48-50-52-54-56-58-60-62-64-71(74)78-68-70(69-80-82(76,77)79-67-66-73(3,4)5)81-72(75)65-63-61-59-57-55-53-51-49-47-45-43-41-39-37-35-33-31-29-27-25-23-21-19-17-15-13-11-9-7-2/h9,11,15,17,21,23,27,29,33,35,39,41,45,47,51,53,57,59,70H,6-8,10,12-14,16,18-20,22,24-26,28,30-32,34,36-38,40,42-44,46,48-50,52,54-56,58,60-69H2,1-5H3/p+1/b11-9-,17-15-,23-21-,29-27-,35-33-,41-39-,47-45-,53-51-,59-57-. The zero-order valence-electron chi connectivity index (χ0n) is 53.7. The molecule has 0 aliphatic carbocycles. The fraction of sp³-hybridized carbons (Fsp3) is 0.722. The van der Waals surface area contributed by atoms with Gasteiger partial charge < -0.3 is 18.9 Å². The number of phosphoric acid groups is 1. The third kappa shape index (κ3) is 65.8. The van der Waals surface area contributed by atoms with E-state index in [4.69, 9.17) is 18.5 Å². The van der Waals surface area contributed by atoms with Crippen molar-refractivity contribution >= 4 is 19.8 Å². The molecule has 0 rings (SSSR count). The molecular weight excluding hydrogens is 1040 g/mol. The number of allylic oxidation sites excluding steroid dienone is 18. The fourth-order valence-corrected chi connectivity index (χ4v) is 9.94. The largest absolute Gasteiger partial charge is 0.472 e. The Morgan fingerprint density at radius 2 is 0.695 bits per heavy atom. The summed E-state index contributed by atoms with van der Waals surface area (Å²) in [6.45, 7) is 4.28. The summed E-state index contributed by atoms with van der Waals surface area (Å²) in [6.07, 6.45) is 87.7. The van der Waals surface area contributed by atoms with Gasteiger partial charge in [0.15, 0.2) is 6.10 Å². The van der Waals surface area contributed by atoms with Gasteiger partial charge in [0.25, 0.3) is 0 Å². The van der Waals surface area contributed by atoms with E-state index < -0.39 is 26.5 Å². The van der Waals surface area contributed by atoms with Crippen molar-refractivity contribution in [2.75, 3.05) is 47.5 Å². The maximum atomic E-state index is 12.8. The third-order valence-corrected chi connectivity index (χ3v) is 15.3. The molecular formula is C72H127NO8P+. The van der Waals surface area contributed by atoms with Crippen LogP contribution >= 0.6 is 7.82 Å². The van der Waals surface area contributed by atoms with Gasteiger partial charge in [0.05, 0.1) is 27.7 Å². The molecule has 1 N–H and O–H groups in total. The Morgan fingerprint density at radius 1 is 0.390 bits per heavy atom. The van der Waals surface area contributed by atoms with E-state index in [1.807, 2.05) is 21.1 Å². The number of ether oxygens (including phenoxy) is 2. The second kappa shape index (κ2) is 62.2. The molecule has 82 heavy (non-hydrogen) atoms. The Morgan fingerprint density at radius 3 is 1.02 bits per heavy atom. The maximum Gasteiger partial charge on any atom is 0.472 e. The molecule has 0 bridgehead atoms. The molecule has 9 nitrogen and oxygen atoms in total. The third-order valence-electron chi connectivity index (χ3n) is 14.3. The molecule has 0 aliphatic rings. The van der Waals surface area contributed by atoms with Crippen molar-refractivity contribution in [1.29, 1.82) is 0 Å². The molecule has 0 heterocycles. The van der Waals surface area contributed by atoms with Gasteiger partial charge in [0.1, 0.15) is 19.8 Å². The van der Waals surface area contributed by atoms with Crippen LogP contribution in [0.1, 0.15) is 284 Å². The first-order valence-corrected chi connectivity index (χ1v) is 35.1. The predicted molar refractivity (Wildman–Crippen MR) is 353 cm³/mol. The topological polar surface area (TPSA) is 108 Å². The zero-order chi connectivity index (χ0) is 59.8. The van der Waals surface area contributed by atoms with Crippen LogP contribution < -0.4 is 0 Å². The summed E-state index contributed by atoms with van der Waals surface area (Å²) >= 11 is 0. The minimum absolute atomic E-state index is 0.0164. The molecule has 0 spiro atoms. The van der Waals surface area contributed by atoms with E-state index in [0.717, 1.165) is 77.0 Å². The quantitative estimate of drug-likeness (QED) is 0.0211. The summed E-state index contributed by atoms with van der Waals surface area (Å²) < 4.78 is 34.6. The first-order valence-electron chi connectivity index (χ1n) is 33.6. The van der Waals surface area contributed by atoms with E-state index in [2.05, 4.69) is 123 Å². The second-order valence-corrected chi connectivity index (χ2v) is 24.9. The molecule has 0 radical (unpaired) electrons. The number of likely N-dealkylation sites (N-methyl/N-ethyl adjacent to an activating group) is 1. The molecule has 2 atom stereocenters. The summed E-state index contributed by atoms with van der Waals surface area (Å²) in [6, 6.07) is 0. The number of unbranched alkanes of at least 4 members (excludes halogenated alkanes) is 29. The number of esters is 2. The van der Waals surface area contributed by atoms with E-state index in [1.165, 1.54) is 167 Å². The summed E-state index contributed by atoms with van der Waals surface area (Å²) in [5.74, 6) is -0.864. The van der Waals surface area contributed by atoms with E-state index >= 15 is 0 Å². The summed E-state index contributed by atoms with van der Waals surface area (Å²) in [5, 5.41) is 0. The molecule has 0 aromatic heterocycles. The number of carbonyl (C=O) groups is 2. The van der Waals surface area contributed by atoms with Crippen LogP contribution in [0.3, 0.4) is 0 Å². The lowest BCUT2D eigenvalue weighted by Gasteiger charge is -2.24. The summed E-state index contributed by atoms with van der Waals surface area (Å²) in [5.41, 5.74) is 0. The molecule has 10 heteroatoms. The Bertz CT molecular complexity index is 1750. The highest BCUT2D eigenvalue weighted by atomic mass is 31.2. The van der Waals surface area contributed by atoms with Gasteiger partial charge in [-0.25, -0.2) is 4.57 Å². The molecule has 0 aromatic carbocycles. The van der Waals surface area contributed by atoms with Crippen molar-refractivity contribution in [1.82, 2.24) is 0 Å². The normalized spacial score (nSPS) is 13.9. The monoisotopic (exact) mass is 1160 g/mol. The van der Waals surface area contributed by atoms with Crippen molar-refractivity contribution in [3.8, 4) is 0 Å². The molecule has 472 valence electrons. The molecule has 0 saturated carbocycles. The van der Waals surface area contributed by atoms with E-state index in [0.29, 0.717) is 23.9 Å². The molecule has 0 amide bonds. The summed E-state index contributed by atoms with van der Waals surface area (Å²) in [4.78, 5) is 35.8. The van der Waals surface area contributed by atoms with Crippen molar-refractivity contribution in [2.24, 2.45) is 0 Å². The highest BCUT2D eigenvalue weighted by Crippen LogP contribution is 2.43. The maximum absolute atomic E-state index is 12.8. The molecule has 0 saturated heterocycles. The highest BCUT2D eigenvalue weighted by Gasteiger charge is 2.27. The molecule has 0 fully saturated rings. The Balaban J connectivity index is 4.18. The van der Waals surface area contributed by atoms with Gasteiger partial charge in [-0.1, -0.05) is 303 Å². The first-order chi connectivity index (χ1) is 40.0. The van der Waals surface area contributed by atoms with Crippen LogP contribution in [0.2, 0.25) is 0 Å². The number of nitrogens with zero attached hydrogens (tertiary/aromatic N) is 1. The van der Waals surface area contributed by atoms with Gasteiger partial charge >= 0.3 is 19.8 Å². The second-order valence-electron chi connectivity index (χ2n) is 23.5. The smallest absolute Gasteiger partial charge is 0.462 e. The van der Waals surface area contributed by atoms with E-state index in [-0.39, 0.29) is 32.0 Å². The van der Waals surface area contributed by atoms with Crippen molar-refractivity contribution < 1.29 is 42.1 Å². The van der Waals surface area contributed by atoms with Gasteiger partial charge in [-0.3, -0.25) is 18.6 Å². The lowest BCUT2D eigenvalue weighted by Crippen LogP contribution is -2.37. The minimum atomic E-state index is -4.41. The summed E-state index contributed by atoms with van der Waals surface area (Å²) in [7, 11) is 1.43. The SMILES string of the molecule is CC/C=C\C/C=C\C/C=C\C/C=C\C/C=C\C/C=C\C/C=C\C/C=C\C/C=C\CCCC(=O)OC(COC(=O)CCCCCCCCCCCCCCCCCCCCCCCCCCCCCCC)COP(=O)(O)OCC[N+](C)(C)C. The van der Waals surface area contributed by atoms with E-state index in [9.17, 15) is 19.0 Å². The van der Waals surface area contributed by atoms with Crippen molar-refractivity contribution in [2.45, 2.75) is 290 Å². The van der Waals surface area contributed by atoms with Crippen LogP contribution in [0.5, 0.6) is 0 Å². The highest BCUT2D eigenvalue weighted by molar-refractivity contribution is 7.47. The number of phosphoric ester groups is 1. The van der Waals surface area contributed by atoms with Gasteiger partial charge in [-0.05, 0) is 77.0 Å². The number of hydrogen-bond donors (Lipinski definition) is 1. The van der Waals surface area contributed by atoms with Gasteiger partial charge in [-0.15, -0.1) is 0 Å². The Labute approximate surface area is 506 Å². The first kappa shape index (κ1) is 78.7. The van der Waals surface area contributed by atoms with Crippen molar-refractivity contribution in [3.63, 3.8) is 0 Å². The van der Waals surface area contributed by atoms with Crippen LogP contribution in [0.4, 0.5) is 0 Å². The lowest BCUT2D eigenvalue weighted by atomic mass is 10.0. The fourth-order valence-electron chi connectivity index (χ4n) is 9.20. The van der Waals surface area contributed by atoms with Crippen LogP contribution in [0, 0.1) is 0 Å². The van der Waals surface area contributed by atoms with Crippen LogP contribution in [-0.4, -0.2) is 74.9 Å². The van der Waals surface area contributed by atoms with Crippen LogP contribution in [-0.2, 0) is 32.7 Å². The molecule has 0 aliphatic heterocycles. The van der Waals surface area contributed by atoms with Crippen LogP contribution in [0.25, 0.3) is 0 Å². The molecule has 0 aromatic rings. The van der Waals surface area contributed by atoms with Crippen molar-refractivity contribution in [3.05, 3.63) is 109 Å². The van der Waals surface area contributed by atoms with Gasteiger partial charge in [0, 0.05) is 12.8 Å². The average molecular weight is 1170 g/mol. The Kier molecular flexibility index (Phi) is 59.7. The predicted octanol–water partition coefficient (Wildman–Crippen LogP) is 21.7. The number of quaternary nitrogens is 1. The van der Waals surface area contributed by atoms with Gasteiger partial charge in [-0.2, -0.15) is 0 Å². The number of rotatable bonds is 61. The minimum Gasteiger partial charge on any atom is -0.462 e. The zero-order valence-corrected chi connectivity index (χ0v) is 54.6. The molecule has 2 unspecified atom stereocenters.